The second-order valence-corrected chi connectivity index (χ2v) is 6.84. The van der Waals surface area contributed by atoms with Crippen molar-refractivity contribution in [3.8, 4) is 0 Å². The van der Waals surface area contributed by atoms with E-state index in [-0.39, 0.29) is 0 Å². The highest BCUT2D eigenvalue weighted by Gasteiger charge is 2.31. The first-order chi connectivity index (χ1) is 9.51. The van der Waals surface area contributed by atoms with Crippen molar-refractivity contribution in [3.05, 3.63) is 29.1 Å². The van der Waals surface area contributed by atoms with E-state index in [9.17, 15) is 0 Å². The van der Waals surface area contributed by atoms with Crippen LogP contribution in [0.5, 0.6) is 0 Å². The molecule has 0 amide bonds. The van der Waals surface area contributed by atoms with E-state index in [0.717, 1.165) is 30.0 Å². The predicted octanol–water partition coefficient (Wildman–Crippen LogP) is 4.42. The summed E-state index contributed by atoms with van der Waals surface area (Å²) in [7, 11) is 0. The fraction of sp³-hybridized carbons (Fsp3) is 0.722. The number of hydrogen-bond donors (Lipinski definition) is 1. The van der Waals surface area contributed by atoms with Gasteiger partial charge in [0, 0.05) is 17.4 Å². The average Bonchev–Trinajstić information content (AvgIpc) is 2.35. The molecule has 1 N–H and O–H groups in total. The molecule has 2 nitrogen and oxygen atoms in total. The Balaban J connectivity index is 2.25. The molecule has 0 aromatic carbocycles. The van der Waals surface area contributed by atoms with Gasteiger partial charge in [0.25, 0.3) is 0 Å². The topological polar surface area (TPSA) is 24.9 Å². The second-order valence-electron chi connectivity index (χ2n) is 6.84. The lowest BCUT2D eigenvalue weighted by molar-refractivity contribution is 0.177. The quantitative estimate of drug-likeness (QED) is 0.879. The third-order valence-electron chi connectivity index (χ3n) is 4.71. The van der Waals surface area contributed by atoms with Crippen LogP contribution in [0, 0.1) is 31.6 Å². The Hall–Kier alpha value is -0.890. The molecule has 1 fully saturated rings. The molecule has 1 aliphatic carbocycles. The van der Waals surface area contributed by atoms with Crippen LogP contribution in [0.1, 0.15) is 63.0 Å². The molecule has 1 heterocycles. The summed E-state index contributed by atoms with van der Waals surface area (Å²) in [4.78, 5) is 4.67. The fourth-order valence-corrected chi connectivity index (χ4v) is 4.06. The zero-order valence-corrected chi connectivity index (χ0v) is 13.7. The molecule has 1 saturated carbocycles. The normalized spacial score (nSPS) is 28.4. The first kappa shape index (κ1) is 15.5. The zero-order chi connectivity index (χ0) is 14.7. The molecular formula is C18H30N2. The predicted molar refractivity (Wildman–Crippen MR) is 85.8 cm³/mol. The summed E-state index contributed by atoms with van der Waals surface area (Å²) < 4.78 is 0. The Kier molecular flexibility index (Phi) is 5.20. The van der Waals surface area contributed by atoms with Crippen molar-refractivity contribution in [3.63, 3.8) is 0 Å². The molecule has 1 aromatic heterocycles. The zero-order valence-electron chi connectivity index (χ0n) is 13.7. The molecule has 20 heavy (non-hydrogen) atoms. The number of pyridine rings is 1. The van der Waals surface area contributed by atoms with Gasteiger partial charge in [0.2, 0.25) is 0 Å². The standard InChI is InChI=1S/C18H30N2/c1-6-19-18(16-10-12(2)9-13(3)11-16)17-8-7-14(4)20-15(17)5/h7-8,12-13,16,18-19H,6,9-11H2,1-5H3. The van der Waals surface area contributed by atoms with Gasteiger partial charge in [-0.1, -0.05) is 26.8 Å². The van der Waals surface area contributed by atoms with E-state index in [1.165, 1.54) is 30.5 Å². The third kappa shape index (κ3) is 3.60. The lowest BCUT2D eigenvalue weighted by Gasteiger charge is -2.37. The van der Waals surface area contributed by atoms with Crippen LogP contribution < -0.4 is 5.32 Å². The van der Waals surface area contributed by atoms with E-state index < -0.39 is 0 Å². The molecule has 2 heteroatoms. The summed E-state index contributed by atoms with van der Waals surface area (Å²) >= 11 is 0. The number of aryl methyl sites for hydroxylation is 2. The summed E-state index contributed by atoms with van der Waals surface area (Å²) in [6.45, 7) is 12.3. The summed E-state index contributed by atoms with van der Waals surface area (Å²) in [6, 6.07) is 4.91. The smallest absolute Gasteiger partial charge is 0.0423 e. The molecule has 3 unspecified atom stereocenters. The van der Waals surface area contributed by atoms with Crippen LogP contribution in [0.2, 0.25) is 0 Å². The molecule has 1 aliphatic rings. The van der Waals surface area contributed by atoms with Crippen LogP contribution in [0.3, 0.4) is 0 Å². The van der Waals surface area contributed by atoms with Gasteiger partial charge < -0.3 is 5.32 Å². The Morgan fingerprint density at radius 3 is 2.35 bits per heavy atom. The minimum atomic E-state index is 0.471. The van der Waals surface area contributed by atoms with Gasteiger partial charge >= 0.3 is 0 Å². The van der Waals surface area contributed by atoms with E-state index in [1.807, 2.05) is 0 Å². The highest BCUT2D eigenvalue weighted by Crippen LogP contribution is 2.40. The van der Waals surface area contributed by atoms with Gasteiger partial charge in [-0.2, -0.15) is 0 Å². The van der Waals surface area contributed by atoms with Crippen LogP contribution in [0.4, 0.5) is 0 Å². The summed E-state index contributed by atoms with van der Waals surface area (Å²) in [5.41, 5.74) is 3.72. The van der Waals surface area contributed by atoms with Gasteiger partial charge in [-0.15, -0.1) is 0 Å². The van der Waals surface area contributed by atoms with Crippen molar-refractivity contribution in [2.24, 2.45) is 17.8 Å². The minimum Gasteiger partial charge on any atom is -0.310 e. The van der Waals surface area contributed by atoms with Gasteiger partial charge in [-0.3, -0.25) is 4.98 Å². The average molecular weight is 274 g/mol. The van der Waals surface area contributed by atoms with Crippen LogP contribution in [-0.4, -0.2) is 11.5 Å². The molecule has 112 valence electrons. The Morgan fingerprint density at radius 1 is 1.15 bits per heavy atom. The number of nitrogens with zero attached hydrogens (tertiary/aromatic N) is 1. The lowest BCUT2D eigenvalue weighted by Crippen LogP contribution is -2.33. The summed E-state index contributed by atoms with van der Waals surface area (Å²) in [5.74, 6) is 2.45. The van der Waals surface area contributed by atoms with Gasteiger partial charge in [0.15, 0.2) is 0 Å². The van der Waals surface area contributed by atoms with Gasteiger partial charge in [-0.25, -0.2) is 0 Å². The second kappa shape index (κ2) is 6.71. The van der Waals surface area contributed by atoms with Crippen LogP contribution in [-0.2, 0) is 0 Å². The van der Waals surface area contributed by atoms with Crippen molar-refractivity contribution in [2.45, 2.75) is 59.9 Å². The van der Waals surface area contributed by atoms with E-state index >= 15 is 0 Å². The number of hydrogen-bond acceptors (Lipinski definition) is 2. The minimum absolute atomic E-state index is 0.471. The van der Waals surface area contributed by atoms with Crippen molar-refractivity contribution in [1.82, 2.24) is 10.3 Å². The SMILES string of the molecule is CCNC(c1ccc(C)nc1C)C1CC(C)CC(C)C1. The van der Waals surface area contributed by atoms with E-state index in [1.54, 1.807) is 0 Å². The van der Waals surface area contributed by atoms with Gasteiger partial charge in [0.05, 0.1) is 0 Å². The highest BCUT2D eigenvalue weighted by molar-refractivity contribution is 5.26. The first-order valence-corrected chi connectivity index (χ1v) is 8.18. The molecule has 3 atom stereocenters. The monoisotopic (exact) mass is 274 g/mol. The maximum absolute atomic E-state index is 4.67. The number of nitrogens with one attached hydrogen (secondary N) is 1. The van der Waals surface area contributed by atoms with Crippen molar-refractivity contribution in [2.75, 3.05) is 6.54 Å². The molecule has 0 spiro atoms. The first-order valence-electron chi connectivity index (χ1n) is 8.18. The third-order valence-corrected chi connectivity index (χ3v) is 4.71. The van der Waals surface area contributed by atoms with Crippen molar-refractivity contribution in [1.29, 1.82) is 0 Å². The molecule has 0 bridgehead atoms. The van der Waals surface area contributed by atoms with Crippen LogP contribution in [0.15, 0.2) is 12.1 Å². The summed E-state index contributed by atoms with van der Waals surface area (Å²) in [5, 5.41) is 3.73. The molecule has 2 rings (SSSR count). The van der Waals surface area contributed by atoms with E-state index in [0.29, 0.717) is 6.04 Å². The molecule has 0 saturated heterocycles. The number of aromatic nitrogens is 1. The molecule has 0 aliphatic heterocycles. The molecule has 0 radical (unpaired) electrons. The van der Waals surface area contributed by atoms with Gasteiger partial charge in [0.1, 0.15) is 0 Å². The lowest BCUT2D eigenvalue weighted by atomic mass is 9.72. The maximum atomic E-state index is 4.67. The van der Waals surface area contributed by atoms with Crippen molar-refractivity contribution >= 4 is 0 Å². The van der Waals surface area contributed by atoms with Crippen molar-refractivity contribution < 1.29 is 0 Å². The maximum Gasteiger partial charge on any atom is 0.0423 e. The Bertz CT molecular complexity index is 431. The van der Waals surface area contributed by atoms with Gasteiger partial charge in [-0.05, 0) is 69.0 Å². The largest absolute Gasteiger partial charge is 0.310 e. The number of rotatable bonds is 4. The van der Waals surface area contributed by atoms with Crippen LogP contribution in [0.25, 0.3) is 0 Å². The Labute approximate surface area is 124 Å². The fourth-order valence-electron chi connectivity index (χ4n) is 4.06. The van der Waals surface area contributed by atoms with E-state index in [2.05, 4.69) is 57.1 Å². The molecular weight excluding hydrogens is 244 g/mol. The highest BCUT2D eigenvalue weighted by atomic mass is 14.9. The Morgan fingerprint density at radius 2 is 1.80 bits per heavy atom. The summed E-state index contributed by atoms with van der Waals surface area (Å²) in [6.07, 6.45) is 4.07. The van der Waals surface area contributed by atoms with E-state index in [4.69, 9.17) is 0 Å². The molecule has 1 aromatic rings. The van der Waals surface area contributed by atoms with Crippen LogP contribution >= 0.6 is 0 Å².